The third-order valence-electron chi connectivity index (χ3n) is 2.90. The van der Waals surface area contributed by atoms with Gasteiger partial charge in [0.2, 0.25) is 5.91 Å². The largest absolute Gasteiger partial charge is 0.345 e. The number of Topliss-reactive ketones (excluding diaryl/α,β-unsaturated/α-hetero) is 1. The van der Waals surface area contributed by atoms with Crippen molar-refractivity contribution in [3.8, 4) is 0 Å². The zero-order valence-electron chi connectivity index (χ0n) is 10.6. The van der Waals surface area contributed by atoms with E-state index < -0.39 is 5.67 Å². The van der Waals surface area contributed by atoms with Crippen molar-refractivity contribution in [3.63, 3.8) is 0 Å². The van der Waals surface area contributed by atoms with Gasteiger partial charge in [-0.3, -0.25) is 14.6 Å². The molecule has 1 amide bonds. The Kier molecular flexibility index (Phi) is 3.74. The van der Waals surface area contributed by atoms with E-state index in [-0.39, 0.29) is 31.1 Å². The molecule has 100 valence electrons. The summed E-state index contributed by atoms with van der Waals surface area (Å²) in [5.74, 6) is -0.458. The number of hydrogen-bond donors (Lipinski definition) is 1. The van der Waals surface area contributed by atoms with Gasteiger partial charge in [-0.25, -0.2) is 4.39 Å². The van der Waals surface area contributed by atoms with Gasteiger partial charge >= 0.3 is 0 Å². The summed E-state index contributed by atoms with van der Waals surface area (Å²) in [7, 11) is 0. The van der Waals surface area contributed by atoms with E-state index in [1.807, 2.05) is 0 Å². The summed E-state index contributed by atoms with van der Waals surface area (Å²) in [4.78, 5) is 27.1. The van der Waals surface area contributed by atoms with E-state index in [1.165, 1.54) is 13.0 Å². The summed E-state index contributed by atoms with van der Waals surface area (Å²) in [5.41, 5.74) is -0.122. The molecule has 19 heavy (non-hydrogen) atoms. The fourth-order valence-electron chi connectivity index (χ4n) is 1.94. The summed E-state index contributed by atoms with van der Waals surface area (Å²) in [6, 6.07) is 3.51. The Bertz CT molecular complexity index is 524. The molecule has 1 aromatic rings. The first-order chi connectivity index (χ1) is 8.96. The first-order valence-electron chi connectivity index (χ1n) is 6.06. The average Bonchev–Trinajstić information content (AvgIpc) is 2.34. The lowest BCUT2D eigenvalue weighted by Gasteiger charge is -2.27. The second-order valence-corrected chi connectivity index (χ2v) is 4.88. The standard InChI is InChI=1S/C14H15FN2O2/c1-14(15)7-11(8-14)13(19)17-9-12(18)6-10-2-4-16-5-3-10/h2-5,7H,6,8-9H2,1H3,(H,17,19). The number of allylic oxidation sites excluding steroid dienone is 1. The minimum atomic E-state index is -1.38. The molecule has 0 saturated heterocycles. The predicted octanol–water partition coefficient (Wildman–Crippen LogP) is 1.37. The van der Waals surface area contributed by atoms with Crippen LogP contribution < -0.4 is 5.32 Å². The van der Waals surface area contributed by atoms with Crippen molar-refractivity contribution in [1.82, 2.24) is 10.3 Å². The number of nitrogens with one attached hydrogen (secondary N) is 1. The number of amides is 1. The molecule has 0 fully saturated rings. The van der Waals surface area contributed by atoms with E-state index in [1.54, 1.807) is 24.5 Å². The van der Waals surface area contributed by atoms with Gasteiger partial charge in [-0.1, -0.05) is 0 Å². The van der Waals surface area contributed by atoms with Gasteiger partial charge in [0.25, 0.3) is 0 Å². The molecule has 1 N–H and O–H groups in total. The third-order valence-corrected chi connectivity index (χ3v) is 2.90. The van der Waals surface area contributed by atoms with Crippen LogP contribution in [0.4, 0.5) is 4.39 Å². The highest BCUT2D eigenvalue weighted by atomic mass is 19.1. The van der Waals surface area contributed by atoms with Crippen molar-refractivity contribution in [2.45, 2.75) is 25.4 Å². The molecule has 0 bridgehead atoms. The molecule has 1 heterocycles. The summed E-state index contributed by atoms with van der Waals surface area (Å²) >= 11 is 0. The average molecular weight is 262 g/mol. The molecule has 1 unspecified atom stereocenters. The quantitative estimate of drug-likeness (QED) is 0.871. The molecule has 1 aromatic heterocycles. The number of nitrogens with zero attached hydrogens (tertiary/aromatic N) is 1. The number of alkyl halides is 1. The second kappa shape index (κ2) is 5.30. The number of pyridine rings is 1. The summed E-state index contributed by atoms with van der Waals surface area (Å²) in [5, 5.41) is 2.50. The van der Waals surface area contributed by atoms with E-state index in [0.29, 0.717) is 5.57 Å². The molecular weight excluding hydrogens is 247 g/mol. The number of aromatic nitrogens is 1. The van der Waals surface area contributed by atoms with E-state index in [2.05, 4.69) is 10.3 Å². The number of carbonyl (C=O) groups is 2. The van der Waals surface area contributed by atoms with Crippen molar-refractivity contribution >= 4 is 11.7 Å². The maximum Gasteiger partial charge on any atom is 0.247 e. The SMILES string of the molecule is CC1(F)C=C(C(=O)NCC(=O)Cc2ccncc2)C1. The van der Waals surface area contributed by atoms with Crippen LogP contribution in [0, 0.1) is 0 Å². The number of ketones is 1. The summed E-state index contributed by atoms with van der Waals surface area (Å²) in [6.07, 6.45) is 4.88. The van der Waals surface area contributed by atoms with E-state index >= 15 is 0 Å². The Morgan fingerprint density at radius 2 is 2.05 bits per heavy atom. The van der Waals surface area contributed by atoms with Gasteiger partial charge in [0, 0.05) is 30.8 Å². The highest BCUT2D eigenvalue weighted by molar-refractivity contribution is 5.98. The lowest BCUT2D eigenvalue weighted by Crippen LogP contribution is -2.37. The Morgan fingerprint density at radius 3 is 2.63 bits per heavy atom. The zero-order valence-corrected chi connectivity index (χ0v) is 10.6. The first kappa shape index (κ1) is 13.4. The van der Waals surface area contributed by atoms with Gasteiger partial charge in [-0.15, -0.1) is 0 Å². The maximum absolute atomic E-state index is 13.2. The molecule has 0 aromatic carbocycles. The molecule has 0 radical (unpaired) electrons. The van der Waals surface area contributed by atoms with Crippen LogP contribution in [0.3, 0.4) is 0 Å². The maximum atomic E-state index is 13.2. The molecule has 1 atom stereocenters. The lowest BCUT2D eigenvalue weighted by atomic mass is 9.84. The number of carbonyl (C=O) groups excluding carboxylic acids is 2. The first-order valence-corrected chi connectivity index (χ1v) is 6.06. The molecule has 0 spiro atoms. The minimum absolute atomic E-state index is 0.0402. The van der Waals surface area contributed by atoms with E-state index in [4.69, 9.17) is 0 Å². The van der Waals surface area contributed by atoms with Crippen LogP contribution >= 0.6 is 0 Å². The topological polar surface area (TPSA) is 59.1 Å². The Hall–Kier alpha value is -2.04. The highest BCUT2D eigenvalue weighted by Gasteiger charge is 2.34. The van der Waals surface area contributed by atoms with Gasteiger partial charge < -0.3 is 5.32 Å². The van der Waals surface area contributed by atoms with Crippen molar-refractivity contribution in [2.75, 3.05) is 6.54 Å². The summed E-state index contributed by atoms with van der Waals surface area (Å²) < 4.78 is 13.2. The van der Waals surface area contributed by atoms with Crippen LogP contribution in [0.25, 0.3) is 0 Å². The highest BCUT2D eigenvalue weighted by Crippen LogP contribution is 2.33. The zero-order chi connectivity index (χ0) is 13.9. The van der Waals surface area contributed by atoms with Crippen LogP contribution in [0.1, 0.15) is 18.9 Å². The molecule has 1 aliphatic carbocycles. The molecule has 2 rings (SSSR count). The Balaban J connectivity index is 1.77. The van der Waals surface area contributed by atoms with E-state index in [9.17, 15) is 14.0 Å². The van der Waals surface area contributed by atoms with Crippen molar-refractivity contribution in [2.24, 2.45) is 0 Å². The van der Waals surface area contributed by atoms with Gasteiger partial charge in [-0.05, 0) is 30.7 Å². The molecule has 1 aliphatic rings. The van der Waals surface area contributed by atoms with Crippen LogP contribution in [0.15, 0.2) is 36.2 Å². The van der Waals surface area contributed by atoms with Crippen LogP contribution in [-0.2, 0) is 16.0 Å². The normalized spacial score (nSPS) is 21.3. The van der Waals surface area contributed by atoms with Crippen molar-refractivity contribution < 1.29 is 14.0 Å². The van der Waals surface area contributed by atoms with E-state index in [0.717, 1.165) is 5.56 Å². The molecule has 0 saturated carbocycles. The molecule has 5 heteroatoms. The third kappa shape index (κ3) is 3.71. The van der Waals surface area contributed by atoms with Crippen LogP contribution in [0.2, 0.25) is 0 Å². The van der Waals surface area contributed by atoms with Crippen molar-refractivity contribution in [1.29, 1.82) is 0 Å². The van der Waals surface area contributed by atoms with Crippen molar-refractivity contribution in [3.05, 3.63) is 41.7 Å². The van der Waals surface area contributed by atoms with Gasteiger partial charge in [0.05, 0.1) is 6.54 Å². The predicted molar refractivity (Wildman–Crippen MR) is 68.2 cm³/mol. The smallest absolute Gasteiger partial charge is 0.247 e. The fraction of sp³-hybridized carbons (Fsp3) is 0.357. The number of halogens is 1. The monoisotopic (exact) mass is 262 g/mol. The molecule has 0 aliphatic heterocycles. The summed E-state index contributed by atoms with van der Waals surface area (Å²) in [6.45, 7) is 1.37. The molecular formula is C14H15FN2O2. The van der Waals surface area contributed by atoms with Gasteiger partial charge in [-0.2, -0.15) is 0 Å². The Morgan fingerprint density at radius 1 is 1.42 bits per heavy atom. The second-order valence-electron chi connectivity index (χ2n) is 4.88. The molecule has 4 nitrogen and oxygen atoms in total. The fourth-order valence-corrected chi connectivity index (χ4v) is 1.94. The van der Waals surface area contributed by atoms with Crippen LogP contribution in [0.5, 0.6) is 0 Å². The van der Waals surface area contributed by atoms with Gasteiger partial charge in [0.1, 0.15) is 5.67 Å². The van der Waals surface area contributed by atoms with Gasteiger partial charge in [0.15, 0.2) is 5.78 Å². The lowest BCUT2D eigenvalue weighted by molar-refractivity contribution is -0.123. The number of rotatable bonds is 5. The number of hydrogen-bond acceptors (Lipinski definition) is 3. The van der Waals surface area contributed by atoms with Crippen LogP contribution in [-0.4, -0.2) is 28.9 Å². The minimum Gasteiger partial charge on any atom is -0.345 e. The Labute approximate surface area is 110 Å².